The molecule has 2 nitrogen and oxygen atoms in total. The maximum absolute atomic E-state index is 12.2. The summed E-state index contributed by atoms with van der Waals surface area (Å²) in [6, 6.07) is 6.34. The van der Waals surface area contributed by atoms with E-state index in [1.807, 2.05) is 0 Å². The van der Waals surface area contributed by atoms with Crippen LogP contribution in [0.4, 0.5) is 0 Å². The Labute approximate surface area is 123 Å². The lowest BCUT2D eigenvalue weighted by atomic mass is 9.91. The van der Waals surface area contributed by atoms with Crippen molar-refractivity contribution in [1.29, 1.82) is 0 Å². The number of ketones is 1. The number of rotatable bonds is 9. The maximum Gasteiger partial charge on any atom is 0.137 e. The molecule has 112 valence electrons. The number of Topliss-reactive ketones (excluding diaryl/α,β-unsaturated/α-hetero) is 1. The molecule has 1 aromatic rings. The first-order chi connectivity index (χ1) is 9.56. The van der Waals surface area contributed by atoms with Gasteiger partial charge in [-0.15, -0.1) is 0 Å². The quantitative estimate of drug-likeness (QED) is 0.741. The first-order valence-corrected chi connectivity index (χ1v) is 7.84. The fourth-order valence-corrected chi connectivity index (χ4v) is 2.73. The topological polar surface area (TPSA) is 43.1 Å². The fraction of sp³-hybridized carbons (Fsp3) is 0.611. The molecule has 0 spiro atoms. The second-order valence-corrected chi connectivity index (χ2v) is 5.92. The molecule has 0 aromatic heterocycles. The van der Waals surface area contributed by atoms with E-state index in [1.54, 1.807) is 0 Å². The van der Waals surface area contributed by atoms with E-state index in [0.29, 0.717) is 24.5 Å². The third kappa shape index (κ3) is 5.87. The average Bonchev–Trinajstić information content (AvgIpc) is 2.41. The number of hydrogen-bond acceptors (Lipinski definition) is 2. The molecular formula is C18H29NO. The minimum Gasteiger partial charge on any atom is -0.330 e. The van der Waals surface area contributed by atoms with Gasteiger partial charge in [-0.05, 0) is 50.3 Å². The molecule has 2 N–H and O–H groups in total. The Balaban J connectivity index is 2.48. The summed E-state index contributed by atoms with van der Waals surface area (Å²) < 4.78 is 0. The lowest BCUT2D eigenvalue weighted by Crippen LogP contribution is -2.12. The molecule has 0 aliphatic carbocycles. The van der Waals surface area contributed by atoms with Crippen molar-refractivity contribution in [3.05, 3.63) is 34.9 Å². The lowest BCUT2D eigenvalue weighted by molar-refractivity contribution is -0.118. The van der Waals surface area contributed by atoms with Gasteiger partial charge in [0, 0.05) is 12.8 Å². The van der Waals surface area contributed by atoms with Crippen LogP contribution in [-0.4, -0.2) is 12.3 Å². The minimum absolute atomic E-state index is 0.358. The highest BCUT2D eigenvalue weighted by Crippen LogP contribution is 2.19. The van der Waals surface area contributed by atoms with E-state index >= 15 is 0 Å². The van der Waals surface area contributed by atoms with Crippen LogP contribution in [0.15, 0.2) is 18.2 Å². The van der Waals surface area contributed by atoms with Gasteiger partial charge in [-0.25, -0.2) is 0 Å². The molecule has 0 aliphatic rings. The number of aryl methyl sites for hydroxylation is 2. The maximum atomic E-state index is 12.2. The Morgan fingerprint density at radius 1 is 1.20 bits per heavy atom. The number of carbonyl (C=O) groups excluding carboxylic acids is 1. The first kappa shape index (κ1) is 16.9. The number of benzene rings is 1. The van der Waals surface area contributed by atoms with E-state index in [0.717, 1.165) is 19.4 Å². The van der Waals surface area contributed by atoms with Gasteiger partial charge in [0.15, 0.2) is 0 Å². The standard InChI is InChI=1S/C18H29NO/c1-4-5-16(10-11-19)8-9-18(20)13-17-12-14(2)6-7-15(17)3/h6-7,12,16H,4-5,8-11,13,19H2,1-3H3. The van der Waals surface area contributed by atoms with Crippen molar-refractivity contribution in [2.75, 3.05) is 6.54 Å². The van der Waals surface area contributed by atoms with Gasteiger partial charge < -0.3 is 5.73 Å². The van der Waals surface area contributed by atoms with E-state index in [9.17, 15) is 4.79 Å². The molecule has 0 bridgehead atoms. The van der Waals surface area contributed by atoms with E-state index in [-0.39, 0.29) is 0 Å². The zero-order valence-electron chi connectivity index (χ0n) is 13.2. The largest absolute Gasteiger partial charge is 0.330 e. The van der Waals surface area contributed by atoms with Gasteiger partial charge in [0.05, 0.1) is 0 Å². The summed E-state index contributed by atoms with van der Waals surface area (Å²) >= 11 is 0. The fourth-order valence-electron chi connectivity index (χ4n) is 2.73. The van der Waals surface area contributed by atoms with Crippen LogP contribution in [0, 0.1) is 19.8 Å². The zero-order chi connectivity index (χ0) is 15.0. The van der Waals surface area contributed by atoms with E-state index < -0.39 is 0 Å². The Hall–Kier alpha value is -1.15. The molecule has 1 atom stereocenters. The van der Waals surface area contributed by atoms with Crippen molar-refractivity contribution in [1.82, 2.24) is 0 Å². The van der Waals surface area contributed by atoms with Gasteiger partial charge in [0.2, 0.25) is 0 Å². The molecule has 1 unspecified atom stereocenters. The van der Waals surface area contributed by atoms with Gasteiger partial charge in [-0.3, -0.25) is 4.79 Å². The molecule has 0 fully saturated rings. The Morgan fingerprint density at radius 2 is 1.95 bits per heavy atom. The normalized spacial score (nSPS) is 12.4. The molecular weight excluding hydrogens is 246 g/mol. The molecule has 2 heteroatoms. The number of carbonyl (C=O) groups is 1. The predicted molar refractivity (Wildman–Crippen MR) is 85.9 cm³/mol. The van der Waals surface area contributed by atoms with Crippen LogP contribution in [0.25, 0.3) is 0 Å². The van der Waals surface area contributed by atoms with Crippen LogP contribution < -0.4 is 5.73 Å². The molecule has 1 aromatic carbocycles. The lowest BCUT2D eigenvalue weighted by Gasteiger charge is -2.14. The second-order valence-electron chi connectivity index (χ2n) is 5.92. The Kier molecular flexibility index (Phi) is 7.53. The molecule has 0 radical (unpaired) electrons. The van der Waals surface area contributed by atoms with Crippen molar-refractivity contribution < 1.29 is 4.79 Å². The monoisotopic (exact) mass is 275 g/mol. The molecule has 20 heavy (non-hydrogen) atoms. The van der Waals surface area contributed by atoms with Crippen molar-refractivity contribution in [3.8, 4) is 0 Å². The highest BCUT2D eigenvalue weighted by atomic mass is 16.1. The van der Waals surface area contributed by atoms with Gasteiger partial charge in [0.1, 0.15) is 5.78 Å². The summed E-state index contributed by atoms with van der Waals surface area (Å²) in [4.78, 5) is 12.2. The van der Waals surface area contributed by atoms with Gasteiger partial charge in [0.25, 0.3) is 0 Å². The van der Waals surface area contributed by atoms with E-state index in [4.69, 9.17) is 5.73 Å². The van der Waals surface area contributed by atoms with Crippen molar-refractivity contribution in [2.45, 2.75) is 59.3 Å². The van der Waals surface area contributed by atoms with Crippen LogP contribution in [0.5, 0.6) is 0 Å². The average molecular weight is 275 g/mol. The molecule has 0 amide bonds. The SMILES string of the molecule is CCCC(CCN)CCC(=O)Cc1cc(C)ccc1C. The Bertz CT molecular complexity index is 419. The molecule has 0 saturated carbocycles. The first-order valence-electron chi connectivity index (χ1n) is 7.84. The van der Waals surface area contributed by atoms with Crippen molar-refractivity contribution >= 4 is 5.78 Å². The van der Waals surface area contributed by atoms with Crippen LogP contribution in [0.2, 0.25) is 0 Å². The van der Waals surface area contributed by atoms with Crippen LogP contribution in [0.3, 0.4) is 0 Å². The molecule has 0 saturated heterocycles. The third-order valence-electron chi connectivity index (χ3n) is 4.00. The number of hydrogen-bond donors (Lipinski definition) is 1. The highest BCUT2D eigenvalue weighted by molar-refractivity contribution is 5.81. The van der Waals surface area contributed by atoms with Crippen LogP contribution >= 0.6 is 0 Å². The van der Waals surface area contributed by atoms with E-state index in [2.05, 4.69) is 39.0 Å². The summed E-state index contributed by atoms with van der Waals surface area (Å²) in [7, 11) is 0. The van der Waals surface area contributed by atoms with Crippen molar-refractivity contribution in [2.24, 2.45) is 11.7 Å². The molecule has 1 rings (SSSR count). The summed E-state index contributed by atoms with van der Waals surface area (Å²) in [5.74, 6) is 0.976. The van der Waals surface area contributed by atoms with Crippen molar-refractivity contribution in [3.63, 3.8) is 0 Å². The number of nitrogens with two attached hydrogens (primary N) is 1. The highest BCUT2D eigenvalue weighted by Gasteiger charge is 2.11. The van der Waals surface area contributed by atoms with Gasteiger partial charge >= 0.3 is 0 Å². The third-order valence-corrected chi connectivity index (χ3v) is 4.00. The summed E-state index contributed by atoms with van der Waals surface area (Å²) in [6.07, 6.45) is 5.68. The summed E-state index contributed by atoms with van der Waals surface area (Å²) in [5, 5.41) is 0. The second kappa shape index (κ2) is 8.91. The smallest absolute Gasteiger partial charge is 0.137 e. The zero-order valence-corrected chi connectivity index (χ0v) is 13.2. The predicted octanol–water partition coefficient (Wildman–Crippen LogP) is 3.96. The van der Waals surface area contributed by atoms with Gasteiger partial charge in [-0.2, -0.15) is 0 Å². The molecule has 0 heterocycles. The Morgan fingerprint density at radius 3 is 2.60 bits per heavy atom. The van der Waals surface area contributed by atoms with E-state index in [1.165, 1.54) is 29.5 Å². The summed E-state index contributed by atoms with van der Waals surface area (Å²) in [6.45, 7) is 7.08. The van der Waals surface area contributed by atoms with Crippen LogP contribution in [0.1, 0.15) is 55.7 Å². The summed E-state index contributed by atoms with van der Waals surface area (Å²) in [5.41, 5.74) is 9.27. The molecule has 0 aliphatic heterocycles. The van der Waals surface area contributed by atoms with Gasteiger partial charge in [-0.1, -0.05) is 43.5 Å². The van der Waals surface area contributed by atoms with Crippen LogP contribution in [-0.2, 0) is 11.2 Å². The minimum atomic E-state index is 0.358.